The van der Waals surface area contributed by atoms with E-state index in [-0.39, 0.29) is 66.8 Å². The quantitative estimate of drug-likeness (QED) is 0.0310. The third-order valence-electron chi connectivity index (χ3n) is 15.8. The fourth-order valence-corrected chi connectivity index (χ4v) is 11.0. The number of nitrogens with one attached hydrogen (secondary N) is 5. The van der Waals surface area contributed by atoms with E-state index in [1.807, 2.05) is 44.2 Å². The standard InChI is InChI=1S/C61H94N8O13S/c1-13-39(6)54(48(79-11)34-51(72)69-32-22-27-47(69)56(80-12)40(7)57(74)63-41(8)55(73)43-23-18-17-19-24-43)67(9)59(76)52(37(2)3)66-58(75)53(38(4)5)68(10)61(78)81-35-42-28-29-45(46(33-42)64-49(70)30-31-62-50(71)36-83)65-60(77)82-44-25-20-15-14-16-21-26-44/h17-20,23-25,28-29,33,37-41,44,47-48,52-56,73,83H,13-16,21-22,26-27,30-32,34-36H2,1-12H3,(H,62,71)(H,63,74)(H,64,70)(H,65,77)(H,66,75)/b25-20+/t39-,40+,41+,44?,47-,48+,52-,53-,54-,55+,56+/m0/s1. The molecule has 21 nitrogen and oxygen atoms in total. The van der Waals surface area contributed by atoms with E-state index in [1.165, 1.54) is 38.3 Å². The van der Waals surface area contributed by atoms with Gasteiger partial charge in [-0.1, -0.05) is 104 Å². The number of ether oxygens (including phenoxy) is 4. The molecule has 1 aliphatic carbocycles. The number of thiol groups is 1. The van der Waals surface area contributed by atoms with Gasteiger partial charge in [-0.25, -0.2) is 9.59 Å². The molecule has 0 radical (unpaired) electrons. The van der Waals surface area contributed by atoms with Crippen molar-refractivity contribution in [1.29, 1.82) is 0 Å². The van der Waals surface area contributed by atoms with Crippen LogP contribution in [0.15, 0.2) is 60.7 Å². The van der Waals surface area contributed by atoms with Crippen LogP contribution in [0.5, 0.6) is 0 Å². The molecule has 2 aromatic rings. The molecule has 462 valence electrons. The number of anilines is 2. The number of carbonyl (C=O) groups is 8. The Morgan fingerprint density at radius 2 is 1.51 bits per heavy atom. The molecule has 1 fully saturated rings. The van der Waals surface area contributed by atoms with E-state index in [2.05, 4.69) is 39.2 Å². The summed E-state index contributed by atoms with van der Waals surface area (Å²) >= 11 is 3.95. The number of hydrogen-bond acceptors (Lipinski definition) is 14. The Labute approximate surface area is 496 Å². The number of nitrogens with zero attached hydrogens (tertiary/aromatic N) is 3. The Morgan fingerprint density at radius 3 is 2.14 bits per heavy atom. The van der Waals surface area contributed by atoms with Crippen molar-refractivity contribution >= 4 is 71.6 Å². The van der Waals surface area contributed by atoms with Gasteiger partial charge in [-0.05, 0) is 92.5 Å². The van der Waals surface area contributed by atoms with Gasteiger partial charge >= 0.3 is 12.2 Å². The zero-order valence-corrected chi connectivity index (χ0v) is 51.7. The van der Waals surface area contributed by atoms with Crippen molar-refractivity contribution in [2.24, 2.45) is 23.7 Å². The predicted octanol–water partition coefficient (Wildman–Crippen LogP) is 7.39. The van der Waals surface area contributed by atoms with Crippen molar-refractivity contribution in [3.8, 4) is 0 Å². The fraction of sp³-hybridized carbons (Fsp3) is 0.639. The summed E-state index contributed by atoms with van der Waals surface area (Å²) in [6.07, 6.45) is 5.84. The molecule has 11 atom stereocenters. The minimum Gasteiger partial charge on any atom is -0.445 e. The van der Waals surface area contributed by atoms with Crippen molar-refractivity contribution in [1.82, 2.24) is 30.7 Å². The minimum absolute atomic E-state index is 0.0437. The highest BCUT2D eigenvalue weighted by Gasteiger charge is 2.44. The molecule has 0 spiro atoms. The second kappa shape index (κ2) is 34.5. The summed E-state index contributed by atoms with van der Waals surface area (Å²) in [5.41, 5.74) is 1.51. The summed E-state index contributed by atoms with van der Waals surface area (Å²) in [6.45, 7) is 14.8. The van der Waals surface area contributed by atoms with Crippen LogP contribution in [0.3, 0.4) is 0 Å². The molecule has 0 saturated carbocycles. The molecule has 1 heterocycles. The molecule has 1 saturated heterocycles. The van der Waals surface area contributed by atoms with E-state index in [0.717, 1.165) is 25.7 Å². The highest BCUT2D eigenvalue weighted by Crippen LogP contribution is 2.31. The SMILES string of the molecule is CC[C@H](C)[C@@H]([C@@H](CC(=O)N1CCC[C@H]1[C@H](OC)[C@@H](C)C(=O)N[C@H](C)[C@@H](O)c1ccccc1)OC)N(C)C(=O)[C@@H](NC(=O)[C@H](C(C)C)N(C)C(=O)OCc1ccc(NC(=O)OC2/C=C/CCCCC2)c(NC(=O)CCNC(=O)CS)c1)C(C)C. The van der Waals surface area contributed by atoms with Gasteiger partial charge in [0.1, 0.15) is 24.8 Å². The Bertz CT molecular complexity index is 2480. The minimum atomic E-state index is -1.10. The number of allylic oxidation sites excluding steroid dienone is 1. The van der Waals surface area contributed by atoms with Crippen LogP contribution in [0.25, 0.3) is 0 Å². The Hall–Kier alpha value is -6.23. The summed E-state index contributed by atoms with van der Waals surface area (Å²) in [5, 5.41) is 24.9. The van der Waals surface area contributed by atoms with Gasteiger partial charge in [0.25, 0.3) is 0 Å². The topological polar surface area (TPSA) is 264 Å². The number of methoxy groups -OCH3 is 2. The molecule has 1 aliphatic heterocycles. The lowest BCUT2D eigenvalue weighted by Gasteiger charge is -2.41. The van der Waals surface area contributed by atoms with Crippen LogP contribution in [0.4, 0.5) is 21.0 Å². The first-order valence-corrected chi connectivity index (χ1v) is 29.9. The zero-order valence-electron chi connectivity index (χ0n) is 50.8. The fourth-order valence-electron chi connectivity index (χ4n) is 10.9. The number of aliphatic hydroxyl groups excluding tert-OH is 1. The maximum absolute atomic E-state index is 14.8. The summed E-state index contributed by atoms with van der Waals surface area (Å²) in [5.74, 6) is -4.12. The van der Waals surface area contributed by atoms with Gasteiger partial charge in [-0.15, -0.1) is 0 Å². The molecule has 22 heteroatoms. The number of likely N-dealkylation sites (tertiary alicyclic amines) is 1. The number of aliphatic hydroxyl groups is 1. The molecule has 0 bridgehead atoms. The van der Waals surface area contributed by atoms with Gasteiger partial charge in [0.15, 0.2) is 0 Å². The Balaban J connectivity index is 1.46. The van der Waals surface area contributed by atoms with E-state index < -0.39 is 102 Å². The van der Waals surface area contributed by atoms with Crippen molar-refractivity contribution < 1.29 is 62.4 Å². The van der Waals surface area contributed by atoms with Gasteiger partial charge in [0, 0.05) is 47.8 Å². The van der Waals surface area contributed by atoms with E-state index in [0.29, 0.717) is 43.4 Å². The molecule has 2 aromatic carbocycles. The summed E-state index contributed by atoms with van der Waals surface area (Å²) in [6, 6.07) is 9.96. The van der Waals surface area contributed by atoms with E-state index >= 15 is 0 Å². The first kappa shape index (κ1) is 69.3. The highest BCUT2D eigenvalue weighted by atomic mass is 32.1. The van der Waals surface area contributed by atoms with E-state index in [4.69, 9.17) is 18.9 Å². The number of amides is 8. The Morgan fingerprint density at radius 1 is 0.795 bits per heavy atom. The molecule has 4 rings (SSSR count). The predicted molar refractivity (Wildman–Crippen MR) is 321 cm³/mol. The summed E-state index contributed by atoms with van der Waals surface area (Å²) in [4.78, 5) is 114. The van der Waals surface area contributed by atoms with Crippen LogP contribution in [-0.2, 0) is 54.3 Å². The van der Waals surface area contributed by atoms with Gasteiger partial charge < -0.3 is 55.1 Å². The number of rotatable bonds is 29. The van der Waals surface area contributed by atoms with Crippen LogP contribution >= 0.6 is 12.6 Å². The van der Waals surface area contributed by atoms with Gasteiger partial charge in [-0.2, -0.15) is 12.6 Å². The van der Waals surface area contributed by atoms with Crippen molar-refractivity contribution in [3.05, 3.63) is 71.8 Å². The third kappa shape index (κ3) is 20.5. The van der Waals surface area contributed by atoms with Crippen molar-refractivity contribution in [2.75, 3.05) is 57.8 Å². The second-order valence-electron chi connectivity index (χ2n) is 22.6. The van der Waals surface area contributed by atoms with Crippen LogP contribution in [0.1, 0.15) is 137 Å². The van der Waals surface area contributed by atoms with Gasteiger partial charge in [0.2, 0.25) is 35.4 Å². The lowest BCUT2D eigenvalue weighted by Crippen LogP contribution is -2.60. The van der Waals surface area contributed by atoms with Crippen molar-refractivity contribution in [3.63, 3.8) is 0 Å². The number of hydrogen-bond donors (Lipinski definition) is 7. The molecule has 8 amide bonds. The largest absolute Gasteiger partial charge is 0.445 e. The molecule has 1 unspecified atom stereocenters. The van der Waals surface area contributed by atoms with Gasteiger partial charge in [0.05, 0.1) is 65.9 Å². The maximum atomic E-state index is 14.8. The highest BCUT2D eigenvalue weighted by molar-refractivity contribution is 7.81. The molecule has 2 aliphatic rings. The zero-order chi connectivity index (χ0) is 61.5. The van der Waals surface area contributed by atoms with E-state index in [9.17, 15) is 43.5 Å². The van der Waals surface area contributed by atoms with Gasteiger partial charge in [-0.3, -0.25) is 39.0 Å². The normalized spacial score (nSPS) is 19.0. The number of likely N-dealkylation sites (N-methyl/N-ethyl adjacent to an activating group) is 2. The van der Waals surface area contributed by atoms with Crippen molar-refractivity contribution in [2.45, 2.75) is 181 Å². The number of carbonyl (C=O) groups excluding carboxylic acids is 8. The number of benzene rings is 2. The molecule has 6 N–H and O–H groups in total. The third-order valence-corrected chi connectivity index (χ3v) is 16.1. The van der Waals surface area contributed by atoms with Crippen LogP contribution in [-0.4, -0.2) is 163 Å². The maximum Gasteiger partial charge on any atom is 0.412 e. The van der Waals surface area contributed by atoms with E-state index in [1.54, 1.807) is 76.6 Å². The summed E-state index contributed by atoms with van der Waals surface area (Å²) < 4.78 is 23.5. The first-order valence-electron chi connectivity index (χ1n) is 29.3. The molecule has 83 heavy (non-hydrogen) atoms. The molecule has 0 aromatic heterocycles. The average Bonchev–Trinajstić information content (AvgIpc) is 4.15. The summed E-state index contributed by atoms with van der Waals surface area (Å²) in [7, 11) is 6.10. The lowest BCUT2D eigenvalue weighted by atomic mass is 9.89. The second-order valence-corrected chi connectivity index (χ2v) is 23.0. The average molecular weight is 1180 g/mol. The van der Waals surface area contributed by atoms with Crippen LogP contribution < -0.4 is 26.6 Å². The molecular weight excluding hydrogens is 1080 g/mol. The molecular formula is C61H94N8O13S. The lowest BCUT2D eigenvalue weighted by molar-refractivity contribution is -0.148. The van der Waals surface area contributed by atoms with Crippen LogP contribution in [0, 0.1) is 23.7 Å². The first-order chi connectivity index (χ1) is 39.5. The Kier molecular flexibility index (Phi) is 28.8. The monoisotopic (exact) mass is 1180 g/mol. The van der Waals surface area contributed by atoms with Crippen LogP contribution in [0.2, 0.25) is 0 Å². The smallest absolute Gasteiger partial charge is 0.412 e.